The first-order chi connectivity index (χ1) is 9.51. The zero-order valence-corrected chi connectivity index (χ0v) is 10.5. The van der Waals surface area contributed by atoms with Gasteiger partial charge in [-0.25, -0.2) is 9.59 Å². The third kappa shape index (κ3) is 2.87. The number of β-amino-alcohol motifs (C(OH)–C–C–N with tert-alkyl or cyclic N) is 1. The zero-order chi connectivity index (χ0) is 14.7. The molecule has 1 saturated heterocycles. The van der Waals surface area contributed by atoms with Gasteiger partial charge in [-0.2, -0.15) is 5.26 Å². The van der Waals surface area contributed by atoms with Crippen LogP contribution >= 0.6 is 0 Å². The Hall–Kier alpha value is -2.59. The summed E-state index contributed by atoms with van der Waals surface area (Å²) in [5.74, 6) is -1.15. The summed E-state index contributed by atoms with van der Waals surface area (Å²) >= 11 is 0. The summed E-state index contributed by atoms with van der Waals surface area (Å²) in [5, 5.41) is 29.8. The van der Waals surface area contributed by atoms with Crippen molar-refractivity contribution >= 4 is 17.7 Å². The van der Waals surface area contributed by atoms with Gasteiger partial charge in [0.1, 0.15) is 6.04 Å². The second-order valence-electron chi connectivity index (χ2n) is 4.52. The summed E-state index contributed by atoms with van der Waals surface area (Å²) in [6.07, 6.45) is -0.826. The van der Waals surface area contributed by atoms with Crippen molar-refractivity contribution in [2.45, 2.75) is 18.6 Å². The lowest BCUT2D eigenvalue weighted by atomic mass is 10.2. The third-order valence-corrected chi connectivity index (χ3v) is 3.07. The first-order valence-corrected chi connectivity index (χ1v) is 6.00. The number of aliphatic hydroxyl groups is 1. The van der Waals surface area contributed by atoms with Gasteiger partial charge in [-0.1, -0.05) is 6.07 Å². The van der Waals surface area contributed by atoms with Crippen molar-refractivity contribution in [3.05, 3.63) is 29.8 Å². The lowest BCUT2D eigenvalue weighted by Crippen LogP contribution is -2.43. The van der Waals surface area contributed by atoms with Crippen molar-refractivity contribution in [3.63, 3.8) is 0 Å². The highest BCUT2D eigenvalue weighted by molar-refractivity contribution is 5.93. The van der Waals surface area contributed by atoms with Gasteiger partial charge in [0.05, 0.1) is 17.7 Å². The molecule has 2 rings (SSSR count). The predicted octanol–water partition coefficient (Wildman–Crippen LogP) is 0.610. The minimum absolute atomic E-state index is 0.0149. The lowest BCUT2D eigenvalue weighted by molar-refractivity contribution is -0.141. The number of likely N-dealkylation sites (tertiary alicyclic amines) is 1. The SMILES string of the molecule is N#Cc1cccc(NC(=O)N2CC(O)C[C@H]2C(=O)O)c1. The minimum Gasteiger partial charge on any atom is -0.480 e. The summed E-state index contributed by atoms with van der Waals surface area (Å²) in [7, 11) is 0. The van der Waals surface area contributed by atoms with Crippen molar-refractivity contribution in [3.8, 4) is 6.07 Å². The Bertz CT molecular complexity index is 581. The van der Waals surface area contributed by atoms with Crippen LogP contribution in [0.3, 0.4) is 0 Å². The van der Waals surface area contributed by atoms with Crippen molar-refractivity contribution in [2.75, 3.05) is 11.9 Å². The smallest absolute Gasteiger partial charge is 0.326 e. The van der Waals surface area contributed by atoms with Crippen LogP contribution in [0.5, 0.6) is 0 Å². The molecule has 1 aliphatic rings. The Morgan fingerprint density at radius 3 is 2.85 bits per heavy atom. The van der Waals surface area contributed by atoms with Gasteiger partial charge >= 0.3 is 12.0 Å². The summed E-state index contributed by atoms with van der Waals surface area (Å²) in [6, 6.07) is 6.59. The maximum absolute atomic E-state index is 12.0. The van der Waals surface area contributed by atoms with Crippen LogP contribution in [0, 0.1) is 11.3 Å². The number of carbonyl (C=O) groups excluding carboxylic acids is 1. The third-order valence-electron chi connectivity index (χ3n) is 3.07. The molecule has 0 aromatic heterocycles. The minimum atomic E-state index is -1.15. The molecular formula is C13H13N3O4. The molecule has 104 valence electrons. The number of carbonyl (C=O) groups is 2. The van der Waals surface area contributed by atoms with Crippen LogP contribution in [0.4, 0.5) is 10.5 Å². The standard InChI is InChI=1S/C13H13N3O4/c14-6-8-2-1-3-9(4-8)15-13(20)16-7-10(17)5-11(16)12(18)19/h1-4,10-11,17H,5,7H2,(H,15,20)(H,18,19)/t10?,11-/m0/s1. The van der Waals surface area contributed by atoms with E-state index in [1.165, 1.54) is 6.07 Å². The normalized spacial score (nSPS) is 21.3. The number of aliphatic carboxylic acids is 1. The van der Waals surface area contributed by atoms with E-state index in [0.717, 1.165) is 4.90 Å². The van der Waals surface area contributed by atoms with Gasteiger partial charge in [-0.3, -0.25) is 0 Å². The van der Waals surface area contributed by atoms with Crippen molar-refractivity contribution < 1.29 is 19.8 Å². The van der Waals surface area contributed by atoms with E-state index in [4.69, 9.17) is 10.4 Å². The number of benzene rings is 1. The molecule has 0 radical (unpaired) electrons. The highest BCUT2D eigenvalue weighted by atomic mass is 16.4. The molecule has 1 aromatic rings. The number of nitriles is 1. The average Bonchev–Trinajstić information content (AvgIpc) is 2.81. The van der Waals surface area contributed by atoms with Gasteiger partial charge in [-0.15, -0.1) is 0 Å². The van der Waals surface area contributed by atoms with Gasteiger partial charge in [-0.05, 0) is 18.2 Å². The molecule has 1 fully saturated rings. The number of amides is 2. The van der Waals surface area contributed by atoms with Crippen LogP contribution in [0.1, 0.15) is 12.0 Å². The quantitative estimate of drug-likeness (QED) is 0.731. The van der Waals surface area contributed by atoms with E-state index in [1.54, 1.807) is 18.2 Å². The van der Waals surface area contributed by atoms with Crippen molar-refractivity contribution in [1.82, 2.24) is 4.90 Å². The molecule has 2 amide bonds. The summed E-state index contributed by atoms with van der Waals surface area (Å²) in [6.45, 7) is -0.0270. The molecule has 1 heterocycles. The predicted molar refractivity (Wildman–Crippen MR) is 68.9 cm³/mol. The van der Waals surface area contributed by atoms with E-state index in [1.807, 2.05) is 6.07 Å². The van der Waals surface area contributed by atoms with E-state index in [2.05, 4.69) is 5.32 Å². The largest absolute Gasteiger partial charge is 0.480 e. The fraction of sp³-hybridized carbons (Fsp3) is 0.308. The van der Waals surface area contributed by atoms with E-state index in [9.17, 15) is 14.7 Å². The van der Waals surface area contributed by atoms with E-state index in [-0.39, 0.29) is 13.0 Å². The summed E-state index contributed by atoms with van der Waals surface area (Å²) in [5.41, 5.74) is 0.790. The highest BCUT2D eigenvalue weighted by Crippen LogP contribution is 2.20. The fourth-order valence-corrected chi connectivity index (χ4v) is 2.13. The molecule has 3 N–H and O–H groups in total. The summed E-state index contributed by atoms with van der Waals surface area (Å²) < 4.78 is 0. The van der Waals surface area contributed by atoms with Crippen LogP contribution in [-0.2, 0) is 4.79 Å². The Labute approximate surface area is 115 Å². The number of nitrogens with one attached hydrogen (secondary N) is 1. The van der Waals surface area contributed by atoms with Crippen LogP contribution in [-0.4, -0.2) is 45.8 Å². The Balaban J connectivity index is 2.11. The second-order valence-corrected chi connectivity index (χ2v) is 4.52. The molecule has 0 aliphatic carbocycles. The van der Waals surface area contributed by atoms with Crippen LogP contribution in [0.25, 0.3) is 0 Å². The second kappa shape index (κ2) is 5.59. The fourth-order valence-electron chi connectivity index (χ4n) is 2.13. The molecule has 7 nitrogen and oxygen atoms in total. The molecule has 1 aromatic carbocycles. The molecule has 1 aliphatic heterocycles. The van der Waals surface area contributed by atoms with Gasteiger partial charge in [0, 0.05) is 18.7 Å². The molecule has 0 spiro atoms. The van der Waals surface area contributed by atoms with E-state index >= 15 is 0 Å². The Morgan fingerprint density at radius 2 is 2.20 bits per heavy atom. The highest BCUT2D eigenvalue weighted by Gasteiger charge is 2.38. The van der Waals surface area contributed by atoms with Crippen LogP contribution in [0.15, 0.2) is 24.3 Å². The Kier molecular flexibility index (Phi) is 3.86. The van der Waals surface area contributed by atoms with Gasteiger partial charge < -0.3 is 20.4 Å². The Morgan fingerprint density at radius 1 is 1.45 bits per heavy atom. The lowest BCUT2D eigenvalue weighted by Gasteiger charge is -2.21. The monoisotopic (exact) mass is 275 g/mol. The maximum atomic E-state index is 12.0. The van der Waals surface area contributed by atoms with E-state index < -0.39 is 24.1 Å². The molecule has 2 atom stereocenters. The number of anilines is 1. The number of carboxylic acids is 1. The molecule has 0 bridgehead atoms. The number of aliphatic hydroxyl groups excluding tert-OH is 1. The van der Waals surface area contributed by atoms with Crippen LogP contribution < -0.4 is 5.32 Å². The molecule has 1 unspecified atom stereocenters. The van der Waals surface area contributed by atoms with Gasteiger partial charge in [0.25, 0.3) is 0 Å². The average molecular weight is 275 g/mol. The number of rotatable bonds is 2. The van der Waals surface area contributed by atoms with Crippen LogP contribution in [0.2, 0.25) is 0 Å². The van der Waals surface area contributed by atoms with Crippen molar-refractivity contribution in [2.24, 2.45) is 0 Å². The maximum Gasteiger partial charge on any atom is 0.326 e. The summed E-state index contributed by atoms with van der Waals surface area (Å²) in [4.78, 5) is 24.1. The number of carboxylic acid groups (broad SMARTS) is 1. The van der Waals surface area contributed by atoms with Crippen molar-refractivity contribution in [1.29, 1.82) is 5.26 Å². The molecule has 20 heavy (non-hydrogen) atoms. The van der Waals surface area contributed by atoms with E-state index in [0.29, 0.717) is 11.3 Å². The number of nitrogens with zero attached hydrogens (tertiary/aromatic N) is 2. The zero-order valence-electron chi connectivity index (χ0n) is 10.5. The first kappa shape index (κ1) is 13.8. The number of hydrogen-bond acceptors (Lipinski definition) is 4. The number of urea groups is 1. The molecular weight excluding hydrogens is 262 g/mol. The topological polar surface area (TPSA) is 114 Å². The van der Waals surface area contributed by atoms with Gasteiger partial charge in [0.2, 0.25) is 0 Å². The number of hydrogen-bond donors (Lipinski definition) is 3. The van der Waals surface area contributed by atoms with Gasteiger partial charge in [0.15, 0.2) is 0 Å². The first-order valence-electron chi connectivity index (χ1n) is 6.00. The molecule has 0 saturated carbocycles. The molecule has 7 heteroatoms.